The van der Waals surface area contributed by atoms with Gasteiger partial charge in [-0.05, 0) is 32.4 Å². The molecule has 1 atom stereocenters. The second kappa shape index (κ2) is 4.29. The Morgan fingerprint density at radius 2 is 2.22 bits per heavy atom. The normalized spacial score (nSPS) is 24.1. The third-order valence-corrected chi connectivity index (χ3v) is 3.01. The first-order valence-corrected chi connectivity index (χ1v) is 5.73. The first kappa shape index (κ1) is 12.3. The summed E-state index contributed by atoms with van der Waals surface area (Å²) in [6, 6.07) is 2.99. The Morgan fingerprint density at radius 3 is 2.72 bits per heavy atom. The van der Waals surface area contributed by atoms with E-state index >= 15 is 0 Å². The molecule has 6 nitrogen and oxygen atoms in total. The van der Waals surface area contributed by atoms with Gasteiger partial charge in [0.1, 0.15) is 17.1 Å². The molecule has 0 radical (unpaired) electrons. The largest absolute Gasteiger partial charge is 0.460 e. The molecule has 0 aromatic carbocycles. The summed E-state index contributed by atoms with van der Waals surface area (Å²) in [4.78, 5) is 23.6. The van der Waals surface area contributed by atoms with Gasteiger partial charge in [0.25, 0.3) is 5.91 Å². The molecule has 1 aliphatic rings. The highest BCUT2D eigenvalue weighted by Gasteiger charge is 2.46. The first-order valence-electron chi connectivity index (χ1n) is 5.73. The number of carbonyl (C=O) groups is 2. The third kappa shape index (κ3) is 2.01. The Labute approximate surface area is 105 Å². The average molecular weight is 249 g/mol. The maximum Gasteiger partial charge on any atom is 0.346 e. The molecule has 1 aromatic rings. The first-order chi connectivity index (χ1) is 8.46. The van der Waals surface area contributed by atoms with Crippen molar-refractivity contribution in [1.82, 2.24) is 10.3 Å². The number of hydrazone groups is 1. The van der Waals surface area contributed by atoms with Crippen molar-refractivity contribution in [3.05, 3.63) is 23.7 Å². The molecule has 1 fully saturated rings. The molecule has 1 N–H and O–H groups in total. The van der Waals surface area contributed by atoms with Crippen LogP contribution in [0.15, 0.2) is 21.7 Å². The van der Waals surface area contributed by atoms with Gasteiger partial charge in [-0.3, -0.25) is 4.79 Å². The molecule has 18 heavy (non-hydrogen) atoms. The molecule has 0 bridgehead atoms. The summed E-state index contributed by atoms with van der Waals surface area (Å²) in [5.41, 5.74) is -0.868. The van der Waals surface area contributed by atoms with Crippen molar-refractivity contribution in [2.75, 3.05) is 0 Å². The van der Waals surface area contributed by atoms with E-state index in [4.69, 9.17) is 4.42 Å². The highest BCUT2D eigenvalue weighted by Crippen LogP contribution is 2.20. The molecule has 2 heterocycles. The van der Waals surface area contributed by atoms with Crippen molar-refractivity contribution in [3.63, 3.8) is 0 Å². The van der Waals surface area contributed by atoms with Crippen LogP contribution in [0.2, 0.25) is 0 Å². The number of hydrogen-bond donors (Lipinski definition) is 1. The van der Waals surface area contributed by atoms with Gasteiger partial charge in [-0.2, -0.15) is 5.10 Å². The van der Waals surface area contributed by atoms with Crippen LogP contribution in [-0.2, 0) is 4.79 Å². The van der Waals surface area contributed by atoms with Crippen molar-refractivity contribution in [2.45, 2.75) is 32.7 Å². The van der Waals surface area contributed by atoms with Gasteiger partial charge < -0.3 is 9.73 Å². The van der Waals surface area contributed by atoms with Crippen LogP contribution in [0.4, 0.5) is 4.79 Å². The van der Waals surface area contributed by atoms with Crippen molar-refractivity contribution in [3.8, 4) is 0 Å². The van der Waals surface area contributed by atoms with Gasteiger partial charge >= 0.3 is 6.03 Å². The minimum absolute atomic E-state index is 0.352. The quantitative estimate of drug-likeness (QED) is 0.653. The van der Waals surface area contributed by atoms with Gasteiger partial charge in [0.05, 0.1) is 6.21 Å². The molecule has 3 amide bonds. The van der Waals surface area contributed by atoms with E-state index < -0.39 is 11.6 Å². The predicted molar refractivity (Wildman–Crippen MR) is 65.1 cm³/mol. The molecule has 0 spiro atoms. The van der Waals surface area contributed by atoms with Gasteiger partial charge in [0.2, 0.25) is 0 Å². The highest BCUT2D eigenvalue weighted by atomic mass is 16.3. The number of imide groups is 1. The Balaban J connectivity index is 2.17. The summed E-state index contributed by atoms with van der Waals surface area (Å²) in [5.74, 6) is 0.889. The second-order valence-electron chi connectivity index (χ2n) is 4.43. The molecule has 2 rings (SSSR count). The molecule has 1 aromatic heterocycles. The smallest absolute Gasteiger partial charge is 0.346 e. The van der Waals surface area contributed by atoms with Crippen LogP contribution in [-0.4, -0.2) is 28.7 Å². The van der Waals surface area contributed by atoms with E-state index in [1.807, 2.05) is 6.92 Å². The van der Waals surface area contributed by atoms with Gasteiger partial charge in [-0.25, -0.2) is 4.79 Å². The fourth-order valence-electron chi connectivity index (χ4n) is 1.65. The maximum atomic E-state index is 12.0. The van der Waals surface area contributed by atoms with Crippen LogP contribution >= 0.6 is 0 Å². The van der Waals surface area contributed by atoms with Gasteiger partial charge in [0.15, 0.2) is 0 Å². The molecule has 1 unspecified atom stereocenters. The van der Waals surface area contributed by atoms with E-state index in [-0.39, 0.29) is 5.91 Å². The molecule has 0 saturated carbocycles. The summed E-state index contributed by atoms with van der Waals surface area (Å²) in [7, 11) is 0. The van der Waals surface area contributed by atoms with Gasteiger partial charge in [0, 0.05) is 0 Å². The van der Waals surface area contributed by atoms with E-state index in [0.29, 0.717) is 12.2 Å². The van der Waals surface area contributed by atoms with Crippen LogP contribution < -0.4 is 5.32 Å². The molecular weight excluding hydrogens is 234 g/mol. The number of urea groups is 1. The van der Waals surface area contributed by atoms with Crippen LogP contribution in [0.25, 0.3) is 0 Å². The van der Waals surface area contributed by atoms with E-state index in [9.17, 15) is 9.59 Å². The summed E-state index contributed by atoms with van der Waals surface area (Å²) in [6.07, 6.45) is 1.87. The molecule has 96 valence electrons. The highest BCUT2D eigenvalue weighted by molar-refractivity contribution is 6.07. The Kier molecular flexibility index (Phi) is 2.94. The zero-order valence-corrected chi connectivity index (χ0v) is 10.6. The zero-order valence-electron chi connectivity index (χ0n) is 10.6. The third-order valence-electron chi connectivity index (χ3n) is 3.01. The monoisotopic (exact) mass is 249 g/mol. The summed E-state index contributed by atoms with van der Waals surface area (Å²) in [6.45, 7) is 5.32. The minimum atomic E-state index is -0.868. The maximum absolute atomic E-state index is 12.0. The Morgan fingerprint density at radius 1 is 1.50 bits per heavy atom. The standard InChI is InChI=1S/C12H15N3O3/c1-4-12(3)10(16)15(11(17)14-12)13-7-9-6-5-8(2)18-9/h5-7H,4H2,1-3H3,(H,14,17)/b13-7+. The molecular formula is C12H15N3O3. The Bertz CT molecular complexity index is 520. The lowest BCUT2D eigenvalue weighted by atomic mass is 10.00. The number of aryl methyl sites for hydroxylation is 1. The molecule has 6 heteroatoms. The van der Waals surface area contributed by atoms with Gasteiger partial charge in [-0.1, -0.05) is 6.92 Å². The topological polar surface area (TPSA) is 74.9 Å². The number of hydrogen-bond acceptors (Lipinski definition) is 4. The van der Waals surface area contributed by atoms with Crippen LogP contribution in [0.5, 0.6) is 0 Å². The van der Waals surface area contributed by atoms with Crippen molar-refractivity contribution >= 4 is 18.2 Å². The number of nitrogens with zero attached hydrogens (tertiary/aromatic N) is 2. The van der Waals surface area contributed by atoms with E-state index in [1.165, 1.54) is 6.21 Å². The van der Waals surface area contributed by atoms with Crippen molar-refractivity contribution in [1.29, 1.82) is 0 Å². The number of carbonyl (C=O) groups excluding carboxylic acids is 2. The van der Waals surface area contributed by atoms with E-state index in [2.05, 4.69) is 10.4 Å². The van der Waals surface area contributed by atoms with Crippen LogP contribution in [0.1, 0.15) is 31.8 Å². The molecule has 1 aliphatic heterocycles. The average Bonchev–Trinajstić information content (AvgIpc) is 2.82. The number of nitrogens with one attached hydrogen (secondary N) is 1. The fraction of sp³-hybridized carbons (Fsp3) is 0.417. The summed E-state index contributed by atoms with van der Waals surface area (Å²) >= 11 is 0. The number of amides is 3. The number of furan rings is 1. The molecule has 1 saturated heterocycles. The van der Waals surface area contributed by atoms with Crippen LogP contribution in [0, 0.1) is 6.92 Å². The van der Waals surface area contributed by atoms with Crippen molar-refractivity contribution in [2.24, 2.45) is 5.10 Å². The lowest BCUT2D eigenvalue weighted by molar-refractivity contribution is -0.130. The zero-order chi connectivity index (χ0) is 13.3. The van der Waals surface area contributed by atoms with E-state index in [0.717, 1.165) is 10.8 Å². The predicted octanol–water partition coefficient (Wildman–Crippen LogP) is 1.64. The van der Waals surface area contributed by atoms with Crippen molar-refractivity contribution < 1.29 is 14.0 Å². The SMILES string of the molecule is CCC1(C)NC(=O)N(/N=C/c2ccc(C)o2)C1=O. The number of rotatable bonds is 3. The lowest BCUT2D eigenvalue weighted by Gasteiger charge is -2.17. The minimum Gasteiger partial charge on any atom is -0.460 e. The van der Waals surface area contributed by atoms with Crippen LogP contribution in [0.3, 0.4) is 0 Å². The van der Waals surface area contributed by atoms with Gasteiger partial charge in [-0.15, -0.1) is 5.01 Å². The lowest BCUT2D eigenvalue weighted by Crippen LogP contribution is -2.42. The summed E-state index contributed by atoms with van der Waals surface area (Å²) in [5, 5.41) is 7.31. The fourth-order valence-corrected chi connectivity index (χ4v) is 1.65. The second-order valence-corrected chi connectivity index (χ2v) is 4.43. The summed E-state index contributed by atoms with van der Waals surface area (Å²) < 4.78 is 5.27. The molecule has 0 aliphatic carbocycles. The van der Waals surface area contributed by atoms with E-state index in [1.54, 1.807) is 26.0 Å². The Hall–Kier alpha value is -2.11.